The molecule has 1 aromatic heterocycles. The van der Waals surface area contributed by atoms with Crippen molar-refractivity contribution in [3.8, 4) is 0 Å². The van der Waals surface area contributed by atoms with Crippen LogP contribution in [0.2, 0.25) is 5.02 Å². The molecule has 1 aromatic carbocycles. The fraction of sp³-hybridized carbons (Fsp3) is 0.267. The van der Waals surface area contributed by atoms with E-state index in [9.17, 15) is 4.79 Å². The summed E-state index contributed by atoms with van der Waals surface area (Å²) in [4.78, 5) is 12.7. The van der Waals surface area contributed by atoms with Crippen LogP contribution in [-0.4, -0.2) is 17.6 Å². The van der Waals surface area contributed by atoms with Gasteiger partial charge in [0.25, 0.3) is 5.91 Å². The summed E-state index contributed by atoms with van der Waals surface area (Å²) in [7, 11) is 0. The lowest BCUT2D eigenvalue weighted by Gasteiger charge is -2.06. The Balaban J connectivity index is 2.09. The number of halogens is 1. The number of benzene rings is 1. The molecule has 0 aliphatic carbocycles. The van der Waals surface area contributed by atoms with Crippen LogP contribution in [-0.2, 0) is 6.42 Å². The molecule has 1 amide bonds. The van der Waals surface area contributed by atoms with Crippen LogP contribution in [0.1, 0.15) is 27.2 Å². The second-order valence-electron chi connectivity index (χ2n) is 4.54. The van der Waals surface area contributed by atoms with E-state index in [2.05, 4.69) is 5.32 Å². The highest BCUT2D eigenvalue weighted by molar-refractivity contribution is 7.13. The van der Waals surface area contributed by atoms with Gasteiger partial charge >= 0.3 is 0 Å². The number of amides is 1. The summed E-state index contributed by atoms with van der Waals surface area (Å²) in [5.74, 6) is -0.188. The molecule has 0 aliphatic rings. The summed E-state index contributed by atoms with van der Waals surface area (Å²) in [6, 6.07) is 7.63. The maximum Gasteiger partial charge on any atom is 0.267 e. The van der Waals surface area contributed by atoms with Gasteiger partial charge in [-0.3, -0.25) is 4.79 Å². The highest BCUT2D eigenvalue weighted by atomic mass is 35.5. The van der Waals surface area contributed by atoms with Crippen LogP contribution in [0.3, 0.4) is 0 Å². The first kappa shape index (κ1) is 15.0. The zero-order valence-electron chi connectivity index (χ0n) is 11.1. The topological polar surface area (TPSA) is 49.3 Å². The van der Waals surface area contributed by atoms with Crippen LogP contribution in [0.15, 0.2) is 29.6 Å². The standard InChI is InChI=1S/C15H16ClNO2S/c1-10-9-20-14(13(10)16)15(19)17-12-6-2-4-11(8-12)5-3-7-18/h2,4,6,8-9,18H,3,5,7H2,1H3,(H,17,19). The first-order valence-corrected chi connectivity index (χ1v) is 7.62. The van der Waals surface area contributed by atoms with Gasteiger partial charge in [0.15, 0.2) is 0 Å². The van der Waals surface area contributed by atoms with E-state index >= 15 is 0 Å². The van der Waals surface area contributed by atoms with Crippen molar-refractivity contribution >= 4 is 34.5 Å². The van der Waals surface area contributed by atoms with E-state index in [0.717, 1.165) is 23.2 Å². The number of anilines is 1. The van der Waals surface area contributed by atoms with Crippen molar-refractivity contribution in [3.05, 3.63) is 50.7 Å². The Hall–Kier alpha value is -1.36. The van der Waals surface area contributed by atoms with E-state index in [0.29, 0.717) is 16.3 Å². The molecule has 0 radical (unpaired) electrons. The minimum atomic E-state index is -0.188. The highest BCUT2D eigenvalue weighted by Gasteiger charge is 2.14. The average molecular weight is 310 g/mol. The largest absolute Gasteiger partial charge is 0.396 e. The zero-order valence-corrected chi connectivity index (χ0v) is 12.7. The van der Waals surface area contributed by atoms with Crippen molar-refractivity contribution in [1.82, 2.24) is 0 Å². The molecule has 2 N–H and O–H groups in total. The van der Waals surface area contributed by atoms with Crippen molar-refractivity contribution in [3.63, 3.8) is 0 Å². The molecule has 0 aliphatic heterocycles. The molecule has 2 rings (SSSR count). The van der Waals surface area contributed by atoms with Gasteiger partial charge < -0.3 is 10.4 Å². The molecule has 20 heavy (non-hydrogen) atoms. The van der Waals surface area contributed by atoms with E-state index < -0.39 is 0 Å². The molecule has 0 saturated carbocycles. The number of hydrogen-bond donors (Lipinski definition) is 2. The Labute approximate surface area is 127 Å². The number of aliphatic hydroxyl groups excluding tert-OH is 1. The molecular formula is C15H16ClNO2S. The number of hydrogen-bond acceptors (Lipinski definition) is 3. The third-order valence-corrected chi connectivity index (χ3v) is 4.61. The fourth-order valence-electron chi connectivity index (χ4n) is 1.86. The molecule has 106 valence electrons. The molecule has 0 atom stereocenters. The Morgan fingerprint density at radius 3 is 2.90 bits per heavy atom. The molecular weight excluding hydrogens is 294 g/mol. The van der Waals surface area contributed by atoms with Crippen molar-refractivity contribution in [2.45, 2.75) is 19.8 Å². The Morgan fingerprint density at radius 1 is 1.45 bits per heavy atom. The van der Waals surface area contributed by atoms with Gasteiger partial charge in [0, 0.05) is 12.3 Å². The van der Waals surface area contributed by atoms with Gasteiger partial charge in [-0.05, 0) is 48.4 Å². The SMILES string of the molecule is Cc1csc(C(=O)Nc2cccc(CCCO)c2)c1Cl. The van der Waals surface area contributed by atoms with Gasteiger partial charge in [0.1, 0.15) is 4.88 Å². The lowest BCUT2D eigenvalue weighted by molar-refractivity contribution is 0.103. The minimum absolute atomic E-state index is 0.167. The second-order valence-corrected chi connectivity index (χ2v) is 5.80. The molecule has 1 heterocycles. The third-order valence-electron chi connectivity index (χ3n) is 2.91. The molecule has 0 saturated heterocycles. The lowest BCUT2D eigenvalue weighted by atomic mass is 10.1. The Kier molecular flexibility index (Phi) is 5.17. The number of thiophene rings is 1. The maximum absolute atomic E-state index is 12.1. The molecule has 0 spiro atoms. The van der Waals surface area contributed by atoms with E-state index in [1.54, 1.807) is 0 Å². The van der Waals surface area contributed by atoms with Crippen LogP contribution in [0.4, 0.5) is 5.69 Å². The highest BCUT2D eigenvalue weighted by Crippen LogP contribution is 2.28. The van der Waals surface area contributed by atoms with E-state index in [-0.39, 0.29) is 12.5 Å². The minimum Gasteiger partial charge on any atom is -0.396 e. The molecule has 0 fully saturated rings. The summed E-state index contributed by atoms with van der Waals surface area (Å²) in [6.45, 7) is 2.05. The number of rotatable bonds is 5. The second kappa shape index (κ2) is 6.88. The Morgan fingerprint density at radius 2 is 2.25 bits per heavy atom. The maximum atomic E-state index is 12.1. The molecule has 0 bridgehead atoms. The number of nitrogens with one attached hydrogen (secondary N) is 1. The van der Waals surface area contributed by atoms with Crippen molar-refractivity contribution in [2.75, 3.05) is 11.9 Å². The number of carbonyl (C=O) groups is 1. The first-order chi connectivity index (χ1) is 9.61. The van der Waals surface area contributed by atoms with Crippen LogP contribution in [0.5, 0.6) is 0 Å². The molecule has 3 nitrogen and oxygen atoms in total. The summed E-state index contributed by atoms with van der Waals surface area (Å²) < 4.78 is 0. The summed E-state index contributed by atoms with van der Waals surface area (Å²) in [6.07, 6.45) is 1.51. The van der Waals surface area contributed by atoms with Crippen LogP contribution in [0, 0.1) is 6.92 Å². The monoisotopic (exact) mass is 309 g/mol. The van der Waals surface area contributed by atoms with Crippen LogP contribution < -0.4 is 5.32 Å². The van der Waals surface area contributed by atoms with Gasteiger partial charge in [-0.25, -0.2) is 0 Å². The Bertz CT molecular complexity index is 610. The van der Waals surface area contributed by atoms with Gasteiger partial charge in [-0.15, -0.1) is 11.3 Å². The van der Waals surface area contributed by atoms with E-state index in [4.69, 9.17) is 16.7 Å². The third kappa shape index (κ3) is 3.60. The number of carbonyl (C=O) groups excluding carboxylic acids is 1. The first-order valence-electron chi connectivity index (χ1n) is 6.36. The zero-order chi connectivity index (χ0) is 14.5. The van der Waals surface area contributed by atoms with Gasteiger partial charge in [0.2, 0.25) is 0 Å². The number of aryl methyl sites for hydroxylation is 2. The summed E-state index contributed by atoms with van der Waals surface area (Å²) in [5, 5.41) is 14.1. The van der Waals surface area contributed by atoms with Gasteiger partial charge in [-0.1, -0.05) is 23.7 Å². The normalized spacial score (nSPS) is 10.6. The molecule has 2 aromatic rings. The van der Waals surface area contributed by atoms with Gasteiger partial charge in [-0.2, -0.15) is 0 Å². The van der Waals surface area contributed by atoms with Crippen molar-refractivity contribution in [1.29, 1.82) is 0 Å². The van der Waals surface area contributed by atoms with Crippen molar-refractivity contribution < 1.29 is 9.90 Å². The average Bonchev–Trinajstić information content (AvgIpc) is 2.77. The van der Waals surface area contributed by atoms with E-state index in [1.807, 2.05) is 36.6 Å². The predicted octanol–water partition coefficient (Wildman–Crippen LogP) is 3.89. The quantitative estimate of drug-likeness (QED) is 0.880. The summed E-state index contributed by atoms with van der Waals surface area (Å²) >= 11 is 7.44. The summed E-state index contributed by atoms with van der Waals surface area (Å²) in [5.41, 5.74) is 2.75. The van der Waals surface area contributed by atoms with E-state index in [1.165, 1.54) is 11.3 Å². The van der Waals surface area contributed by atoms with Crippen molar-refractivity contribution in [2.24, 2.45) is 0 Å². The molecule has 5 heteroatoms. The fourth-order valence-corrected chi connectivity index (χ4v) is 3.03. The predicted molar refractivity (Wildman–Crippen MR) is 83.9 cm³/mol. The van der Waals surface area contributed by atoms with Gasteiger partial charge in [0.05, 0.1) is 5.02 Å². The lowest BCUT2D eigenvalue weighted by Crippen LogP contribution is -2.11. The number of aliphatic hydroxyl groups is 1. The smallest absolute Gasteiger partial charge is 0.267 e. The van der Waals surface area contributed by atoms with Crippen LogP contribution >= 0.6 is 22.9 Å². The molecule has 0 unspecified atom stereocenters. The van der Waals surface area contributed by atoms with Crippen LogP contribution in [0.25, 0.3) is 0 Å².